The number of amides is 1. The first kappa shape index (κ1) is 23.4. The lowest BCUT2D eigenvalue weighted by Gasteiger charge is -2.22. The summed E-state index contributed by atoms with van der Waals surface area (Å²) in [5.41, 5.74) is 3.87. The van der Waals surface area contributed by atoms with E-state index in [1.165, 1.54) is 11.1 Å². The Kier molecular flexibility index (Phi) is 8.63. The Morgan fingerprint density at radius 2 is 1.94 bits per heavy atom. The minimum absolute atomic E-state index is 0.0153. The number of hydrogen-bond donors (Lipinski definition) is 0. The van der Waals surface area contributed by atoms with Crippen LogP contribution in [-0.2, 0) is 17.9 Å². The van der Waals surface area contributed by atoms with Crippen LogP contribution < -0.4 is 4.74 Å². The molecule has 1 heterocycles. The van der Waals surface area contributed by atoms with Crippen molar-refractivity contribution >= 4 is 33.2 Å². The molecule has 0 N–H and O–H groups in total. The van der Waals surface area contributed by atoms with E-state index in [1.54, 1.807) is 18.4 Å². The monoisotopic (exact) mass is 502 g/mol. The van der Waals surface area contributed by atoms with Crippen molar-refractivity contribution in [3.8, 4) is 5.75 Å². The highest BCUT2D eigenvalue weighted by Crippen LogP contribution is 2.20. The first-order chi connectivity index (χ1) is 14.9. The van der Waals surface area contributed by atoms with Gasteiger partial charge in [0.05, 0.1) is 12.2 Å². The van der Waals surface area contributed by atoms with Gasteiger partial charge < -0.3 is 14.4 Å². The summed E-state index contributed by atoms with van der Waals surface area (Å²) in [6.45, 7) is 6.19. The smallest absolute Gasteiger partial charge is 0.254 e. The van der Waals surface area contributed by atoms with Crippen LogP contribution in [0.15, 0.2) is 52.3 Å². The molecule has 0 saturated carbocycles. The predicted molar refractivity (Wildman–Crippen MR) is 128 cm³/mol. The first-order valence-corrected chi connectivity index (χ1v) is 11.8. The number of benzene rings is 2. The summed E-state index contributed by atoms with van der Waals surface area (Å²) in [6.07, 6.45) is 0.767. The average molecular weight is 503 g/mol. The van der Waals surface area contributed by atoms with Gasteiger partial charge in [0.2, 0.25) is 0 Å². The molecule has 0 aliphatic heterocycles. The van der Waals surface area contributed by atoms with Gasteiger partial charge in [0, 0.05) is 35.7 Å². The van der Waals surface area contributed by atoms with Crippen molar-refractivity contribution < 1.29 is 14.3 Å². The van der Waals surface area contributed by atoms with Crippen LogP contribution in [-0.4, -0.2) is 36.1 Å². The van der Waals surface area contributed by atoms with Crippen molar-refractivity contribution in [2.24, 2.45) is 0 Å². The lowest BCUT2D eigenvalue weighted by molar-refractivity contribution is 0.0721. The number of carbonyl (C=O) groups excluding carboxylic acids is 1. The van der Waals surface area contributed by atoms with E-state index < -0.39 is 0 Å². The molecule has 0 spiro atoms. The van der Waals surface area contributed by atoms with Crippen LogP contribution >= 0.6 is 27.3 Å². The van der Waals surface area contributed by atoms with Crippen molar-refractivity contribution in [2.45, 2.75) is 33.4 Å². The van der Waals surface area contributed by atoms with E-state index in [2.05, 4.69) is 35.8 Å². The number of hydrogen-bond acceptors (Lipinski definition) is 5. The number of thiazole rings is 1. The standard InChI is InChI=1S/C24H27BrN2O3S/c1-17-10-18(2)12-22(11-17)30-15-23-26-21(16-31-23)14-27(8-5-9-29-3)24(28)19-6-4-7-20(25)13-19/h4,6-7,10-13,16H,5,8-9,14-15H2,1-3H3. The number of halogens is 1. The quantitative estimate of drug-likeness (QED) is 0.329. The summed E-state index contributed by atoms with van der Waals surface area (Å²) in [4.78, 5) is 19.6. The summed E-state index contributed by atoms with van der Waals surface area (Å²) in [5.74, 6) is 0.832. The van der Waals surface area contributed by atoms with Gasteiger partial charge >= 0.3 is 0 Å². The molecule has 0 atom stereocenters. The predicted octanol–water partition coefficient (Wildman–Crippen LogP) is 5.78. The summed E-state index contributed by atoms with van der Waals surface area (Å²) >= 11 is 4.99. The molecule has 5 nitrogen and oxygen atoms in total. The molecule has 3 aromatic rings. The molecule has 0 radical (unpaired) electrons. The minimum Gasteiger partial charge on any atom is -0.486 e. The molecule has 31 heavy (non-hydrogen) atoms. The fourth-order valence-electron chi connectivity index (χ4n) is 3.30. The molecule has 0 saturated heterocycles. The van der Waals surface area contributed by atoms with Gasteiger partial charge in [-0.1, -0.05) is 28.1 Å². The number of rotatable bonds is 10. The summed E-state index contributed by atoms with van der Waals surface area (Å²) < 4.78 is 12.0. The van der Waals surface area contributed by atoms with E-state index in [0.29, 0.717) is 31.9 Å². The zero-order valence-corrected chi connectivity index (χ0v) is 20.5. The van der Waals surface area contributed by atoms with Gasteiger partial charge in [0.1, 0.15) is 17.4 Å². The number of carbonyl (C=O) groups is 1. The van der Waals surface area contributed by atoms with E-state index in [1.807, 2.05) is 46.7 Å². The third-order valence-electron chi connectivity index (χ3n) is 4.64. The molecule has 0 aliphatic rings. The van der Waals surface area contributed by atoms with Crippen LogP contribution in [0.3, 0.4) is 0 Å². The van der Waals surface area contributed by atoms with Crippen LogP contribution in [0.2, 0.25) is 0 Å². The van der Waals surface area contributed by atoms with E-state index in [4.69, 9.17) is 14.5 Å². The summed E-state index contributed by atoms with van der Waals surface area (Å²) in [6, 6.07) is 13.6. The van der Waals surface area contributed by atoms with E-state index in [9.17, 15) is 4.79 Å². The highest BCUT2D eigenvalue weighted by Gasteiger charge is 2.18. The van der Waals surface area contributed by atoms with Gasteiger partial charge in [-0.2, -0.15) is 0 Å². The molecule has 7 heteroatoms. The van der Waals surface area contributed by atoms with Crippen LogP contribution in [0.1, 0.15) is 38.6 Å². The Hall–Kier alpha value is -2.22. The fourth-order valence-corrected chi connectivity index (χ4v) is 4.40. The highest BCUT2D eigenvalue weighted by molar-refractivity contribution is 9.10. The molecule has 0 aliphatic carbocycles. The van der Waals surface area contributed by atoms with Crippen molar-refractivity contribution in [2.75, 3.05) is 20.3 Å². The van der Waals surface area contributed by atoms with E-state index in [-0.39, 0.29) is 5.91 Å². The Bertz CT molecular complexity index is 1000. The van der Waals surface area contributed by atoms with Crippen molar-refractivity contribution in [3.05, 3.63) is 79.7 Å². The van der Waals surface area contributed by atoms with Crippen LogP contribution in [0.25, 0.3) is 0 Å². The molecule has 2 aromatic carbocycles. The maximum absolute atomic E-state index is 13.1. The fraction of sp³-hybridized carbons (Fsp3) is 0.333. The Balaban J connectivity index is 1.66. The van der Waals surface area contributed by atoms with Crippen LogP contribution in [0.5, 0.6) is 5.75 Å². The lowest BCUT2D eigenvalue weighted by Crippen LogP contribution is -2.32. The van der Waals surface area contributed by atoms with E-state index in [0.717, 1.165) is 27.3 Å². The van der Waals surface area contributed by atoms with E-state index >= 15 is 0 Å². The van der Waals surface area contributed by atoms with Crippen molar-refractivity contribution in [1.82, 2.24) is 9.88 Å². The van der Waals surface area contributed by atoms with Gasteiger partial charge in [0.25, 0.3) is 5.91 Å². The van der Waals surface area contributed by atoms with Crippen molar-refractivity contribution in [3.63, 3.8) is 0 Å². The third kappa shape index (κ3) is 7.16. The zero-order valence-electron chi connectivity index (χ0n) is 18.1. The second-order valence-corrected chi connectivity index (χ2v) is 9.29. The van der Waals surface area contributed by atoms with Crippen LogP contribution in [0.4, 0.5) is 0 Å². The van der Waals surface area contributed by atoms with Crippen molar-refractivity contribution in [1.29, 1.82) is 0 Å². The molecular weight excluding hydrogens is 476 g/mol. The first-order valence-electron chi connectivity index (χ1n) is 10.1. The second-order valence-electron chi connectivity index (χ2n) is 7.43. The highest BCUT2D eigenvalue weighted by atomic mass is 79.9. The third-order valence-corrected chi connectivity index (χ3v) is 6.01. The largest absolute Gasteiger partial charge is 0.486 e. The topological polar surface area (TPSA) is 51.7 Å². The molecule has 0 fully saturated rings. The average Bonchev–Trinajstić information content (AvgIpc) is 3.18. The summed E-state index contributed by atoms with van der Waals surface area (Å²) in [5, 5.41) is 2.89. The van der Waals surface area contributed by atoms with Gasteiger partial charge in [-0.15, -0.1) is 11.3 Å². The number of aryl methyl sites for hydroxylation is 2. The Labute approximate surface area is 196 Å². The van der Waals surface area contributed by atoms with Gasteiger partial charge in [-0.25, -0.2) is 4.98 Å². The van der Waals surface area contributed by atoms with Gasteiger partial charge in [-0.3, -0.25) is 4.79 Å². The number of methoxy groups -OCH3 is 1. The molecule has 0 unspecified atom stereocenters. The SMILES string of the molecule is COCCCN(Cc1csc(COc2cc(C)cc(C)c2)n1)C(=O)c1cccc(Br)c1. The second kappa shape index (κ2) is 11.4. The molecular formula is C24H27BrN2O3S. The Morgan fingerprint density at radius 1 is 1.16 bits per heavy atom. The zero-order chi connectivity index (χ0) is 22.2. The minimum atomic E-state index is -0.0153. The molecule has 1 amide bonds. The van der Waals surface area contributed by atoms with Crippen LogP contribution in [0, 0.1) is 13.8 Å². The molecule has 164 valence electrons. The molecule has 0 bridgehead atoms. The summed E-state index contributed by atoms with van der Waals surface area (Å²) in [7, 11) is 1.67. The molecule has 3 rings (SSSR count). The number of ether oxygens (including phenoxy) is 2. The Morgan fingerprint density at radius 3 is 2.65 bits per heavy atom. The van der Waals surface area contributed by atoms with Gasteiger partial charge in [0.15, 0.2) is 0 Å². The molecule has 1 aromatic heterocycles. The normalized spacial score (nSPS) is 10.8. The maximum Gasteiger partial charge on any atom is 0.254 e. The maximum atomic E-state index is 13.1. The lowest BCUT2D eigenvalue weighted by atomic mass is 10.1. The number of nitrogens with zero attached hydrogens (tertiary/aromatic N) is 2. The number of aromatic nitrogens is 1. The van der Waals surface area contributed by atoms with Gasteiger partial charge in [-0.05, 0) is 61.7 Å².